The van der Waals surface area contributed by atoms with E-state index in [4.69, 9.17) is 11.6 Å². The van der Waals surface area contributed by atoms with E-state index in [1.54, 1.807) is 12.1 Å². The molecule has 0 bridgehead atoms. The molecule has 4 nitrogen and oxygen atoms in total. The minimum Gasteiger partial charge on any atom is -0.363 e. The van der Waals surface area contributed by atoms with Crippen LogP contribution < -0.4 is 4.90 Å². The third-order valence-corrected chi connectivity index (χ3v) is 3.05. The Bertz CT molecular complexity index is 466. The van der Waals surface area contributed by atoms with E-state index in [1.165, 1.54) is 0 Å². The van der Waals surface area contributed by atoms with Crippen molar-refractivity contribution >= 4 is 23.3 Å². The normalized spacial score (nSPS) is 11.3. The number of nitrogens with zero attached hydrogens (tertiary/aromatic N) is 3. The molecule has 5 heteroatoms. The first-order chi connectivity index (χ1) is 8.66. The van der Waals surface area contributed by atoms with Gasteiger partial charge in [0.1, 0.15) is 11.0 Å². The number of carbonyl (C=O) groups is 1. The molecule has 0 aliphatic rings. The van der Waals surface area contributed by atoms with Crippen LogP contribution in [0.4, 0.5) is 5.82 Å². The summed E-state index contributed by atoms with van der Waals surface area (Å²) in [5.74, 6) is 0.656. The zero-order valence-corrected chi connectivity index (χ0v) is 13.2. The predicted octanol–water partition coefficient (Wildman–Crippen LogP) is 3.06. The molecule has 0 saturated heterocycles. The van der Waals surface area contributed by atoms with Crippen LogP contribution in [0.2, 0.25) is 5.15 Å². The molecule has 1 rings (SSSR count). The Morgan fingerprint density at radius 3 is 2.32 bits per heavy atom. The predicted molar refractivity (Wildman–Crippen MR) is 80.0 cm³/mol. The van der Waals surface area contributed by atoms with Crippen molar-refractivity contribution in [3.63, 3.8) is 0 Å². The molecular formula is C14H22ClN3O. The molecule has 0 radical (unpaired) electrons. The largest absolute Gasteiger partial charge is 0.363 e. The summed E-state index contributed by atoms with van der Waals surface area (Å²) in [5, 5.41) is 0.333. The number of aromatic nitrogens is 1. The fourth-order valence-corrected chi connectivity index (χ4v) is 2.12. The first-order valence-corrected chi connectivity index (χ1v) is 6.71. The molecule has 106 valence electrons. The molecule has 0 fully saturated rings. The second kappa shape index (κ2) is 5.78. The second-order valence-corrected chi connectivity index (χ2v) is 6.04. The van der Waals surface area contributed by atoms with Crippen LogP contribution in [-0.4, -0.2) is 42.0 Å². The quantitative estimate of drug-likeness (QED) is 0.800. The van der Waals surface area contributed by atoms with Gasteiger partial charge in [0.25, 0.3) is 5.91 Å². The Hall–Kier alpha value is -1.29. The van der Waals surface area contributed by atoms with E-state index >= 15 is 0 Å². The maximum atomic E-state index is 12.6. The molecule has 19 heavy (non-hydrogen) atoms. The van der Waals surface area contributed by atoms with Gasteiger partial charge < -0.3 is 9.80 Å². The van der Waals surface area contributed by atoms with Crippen LogP contribution in [0.3, 0.4) is 0 Å². The lowest BCUT2D eigenvalue weighted by Crippen LogP contribution is -2.45. The molecule has 0 N–H and O–H groups in total. The van der Waals surface area contributed by atoms with E-state index in [-0.39, 0.29) is 11.4 Å². The molecule has 0 atom stereocenters. The first-order valence-electron chi connectivity index (χ1n) is 6.33. The Balaban J connectivity index is 3.19. The van der Waals surface area contributed by atoms with Crippen molar-refractivity contribution in [1.29, 1.82) is 0 Å². The Morgan fingerprint density at radius 2 is 1.89 bits per heavy atom. The third kappa shape index (κ3) is 3.83. The highest BCUT2D eigenvalue weighted by molar-refractivity contribution is 6.29. The molecule has 1 aromatic rings. The number of halogens is 1. The van der Waals surface area contributed by atoms with Gasteiger partial charge >= 0.3 is 0 Å². The van der Waals surface area contributed by atoms with Gasteiger partial charge in [0, 0.05) is 31.7 Å². The lowest BCUT2D eigenvalue weighted by molar-refractivity contribution is 0.0599. The summed E-state index contributed by atoms with van der Waals surface area (Å²) in [6.07, 6.45) is 0. The summed E-state index contributed by atoms with van der Waals surface area (Å²) in [6, 6.07) is 3.38. The SMILES string of the molecule is CCN(C(=O)c1cc(Cl)nc(N(C)C)c1)C(C)(C)C. The molecule has 1 amide bonds. The zero-order chi connectivity index (χ0) is 14.8. The number of pyridine rings is 1. The van der Waals surface area contributed by atoms with Gasteiger partial charge in [-0.15, -0.1) is 0 Å². The average Bonchev–Trinajstić information content (AvgIpc) is 2.26. The molecule has 0 aliphatic heterocycles. The molecule has 0 aliphatic carbocycles. The molecule has 0 spiro atoms. The fourth-order valence-electron chi connectivity index (χ4n) is 1.91. The molecule has 0 saturated carbocycles. The van der Waals surface area contributed by atoms with E-state index in [2.05, 4.69) is 4.98 Å². The van der Waals surface area contributed by atoms with Gasteiger partial charge in [-0.05, 0) is 39.8 Å². The van der Waals surface area contributed by atoms with Crippen LogP contribution in [0.1, 0.15) is 38.1 Å². The van der Waals surface area contributed by atoms with E-state index in [1.807, 2.05) is 51.6 Å². The fraction of sp³-hybridized carbons (Fsp3) is 0.571. The Morgan fingerprint density at radius 1 is 1.32 bits per heavy atom. The van der Waals surface area contributed by atoms with Crippen LogP contribution in [0, 0.1) is 0 Å². The van der Waals surface area contributed by atoms with Gasteiger partial charge in [-0.2, -0.15) is 0 Å². The molecule has 1 heterocycles. The van der Waals surface area contributed by atoms with Gasteiger partial charge in [0.15, 0.2) is 0 Å². The monoisotopic (exact) mass is 283 g/mol. The van der Waals surface area contributed by atoms with Crippen LogP contribution in [0.25, 0.3) is 0 Å². The number of hydrogen-bond donors (Lipinski definition) is 0. The van der Waals surface area contributed by atoms with Gasteiger partial charge in [-0.1, -0.05) is 11.6 Å². The van der Waals surface area contributed by atoms with Crippen LogP contribution in [0.5, 0.6) is 0 Å². The van der Waals surface area contributed by atoms with E-state index in [9.17, 15) is 4.79 Å². The second-order valence-electron chi connectivity index (χ2n) is 5.65. The highest BCUT2D eigenvalue weighted by atomic mass is 35.5. The zero-order valence-electron chi connectivity index (χ0n) is 12.5. The number of anilines is 1. The summed E-state index contributed by atoms with van der Waals surface area (Å²) in [6.45, 7) is 8.68. The molecular weight excluding hydrogens is 262 g/mol. The van der Waals surface area contributed by atoms with Gasteiger partial charge in [-0.25, -0.2) is 4.98 Å². The highest BCUT2D eigenvalue weighted by Gasteiger charge is 2.26. The Kier molecular flexibility index (Phi) is 4.80. The van der Waals surface area contributed by atoms with Crippen molar-refractivity contribution in [1.82, 2.24) is 9.88 Å². The maximum absolute atomic E-state index is 12.6. The van der Waals surface area contributed by atoms with Crippen molar-refractivity contribution in [2.45, 2.75) is 33.2 Å². The van der Waals surface area contributed by atoms with Crippen LogP contribution in [-0.2, 0) is 0 Å². The van der Waals surface area contributed by atoms with E-state index < -0.39 is 0 Å². The maximum Gasteiger partial charge on any atom is 0.254 e. The Labute approximate surface area is 120 Å². The lowest BCUT2D eigenvalue weighted by atomic mass is 10.0. The minimum atomic E-state index is -0.222. The van der Waals surface area contributed by atoms with E-state index in [0.29, 0.717) is 23.1 Å². The number of carbonyl (C=O) groups excluding carboxylic acids is 1. The topological polar surface area (TPSA) is 36.4 Å². The average molecular weight is 284 g/mol. The van der Waals surface area contributed by atoms with Gasteiger partial charge in [0.05, 0.1) is 0 Å². The molecule has 0 aromatic carbocycles. The van der Waals surface area contributed by atoms with Crippen molar-refractivity contribution in [3.05, 3.63) is 22.8 Å². The van der Waals surface area contributed by atoms with Crippen molar-refractivity contribution in [2.75, 3.05) is 25.5 Å². The number of rotatable bonds is 3. The van der Waals surface area contributed by atoms with Crippen molar-refractivity contribution < 1.29 is 4.79 Å². The first kappa shape index (κ1) is 15.8. The summed E-state index contributed by atoms with van der Waals surface area (Å²) >= 11 is 5.99. The van der Waals surface area contributed by atoms with E-state index in [0.717, 1.165) is 0 Å². The summed E-state index contributed by atoms with van der Waals surface area (Å²) < 4.78 is 0. The highest BCUT2D eigenvalue weighted by Crippen LogP contribution is 2.21. The van der Waals surface area contributed by atoms with Crippen molar-refractivity contribution in [2.24, 2.45) is 0 Å². The van der Waals surface area contributed by atoms with Crippen LogP contribution in [0.15, 0.2) is 12.1 Å². The minimum absolute atomic E-state index is 0.0256. The standard InChI is InChI=1S/C14H22ClN3O/c1-7-18(14(2,3)4)13(19)10-8-11(15)16-12(9-10)17(5)6/h8-9H,7H2,1-6H3. The summed E-state index contributed by atoms with van der Waals surface area (Å²) in [5.41, 5.74) is 0.348. The lowest BCUT2D eigenvalue weighted by Gasteiger charge is -2.35. The summed E-state index contributed by atoms with van der Waals surface area (Å²) in [7, 11) is 3.74. The number of amides is 1. The van der Waals surface area contributed by atoms with Gasteiger partial charge in [-0.3, -0.25) is 4.79 Å². The van der Waals surface area contributed by atoms with Crippen LogP contribution >= 0.6 is 11.6 Å². The molecule has 0 unspecified atom stereocenters. The number of hydrogen-bond acceptors (Lipinski definition) is 3. The summed E-state index contributed by atoms with van der Waals surface area (Å²) in [4.78, 5) is 20.4. The van der Waals surface area contributed by atoms with Gasteiger partial charge in [0.2, 0.25) is 0 Å². The third-order valence-electron chi connectivity index (χ3n) is 2.86. The molecule has 1 aromatic heterocycles. The van der Waals surface area contributed by atoms with Crippen molar-refractivity contribution in [3.8, 4) is 0 Å². The smallest absolute Gasteiger partial charge is 0.254 e.